The Morgan fingerprint density at radius 2 is 2.17 bits per heavy atom. The number of nitro groups is 2. The smallest absolute Gasteiger partial charge is 0.272 e. The molecule has 0 atom stereocenters. The Morgan fingerprint density at radius 1 is 1.44 bits per heavy atom. The molecular formula is C10H12N4O4. The van der Waals surface area contributed by atoms with E-state index in [1.165, 1.54) is 6.21 Å². The van der Waals surface area contributed by atoms with Crippen molar-refractivity contribution in [1.82, 2.24) is 0 Å². The molecule has 0 radical (unpaired) electrons. The molecule has 8 heteroatoms. The molecular weight excluding hydrogens is 240 g/mol. The van der Waals surface area contributed by atoms with Crippen LogP contribution in [-0.2, 0) is 0 Å². The second-order valence-electron chi connectivity index (χ2n) is 3.17. The zero-order valence-electron chi connectivity index (χ0n) is 12.5. The van der Waals surface area contributed by atoms with Gasteiger partial charge in [0, 0.05) is 12.3 Å². The molecule has 1 aromatic carbocycles. The number of hydrogen-bond donors (Lipinski definition) is 1. The van der Waals surface area contributed by atoms with Gasteiger partial charge >= 0.3 is 5.69 Å². The lowest BCUT2D eigenvalue weighted by molar-refractivity contribution is -0.393. The van der Waals surface area contributed by atoms with Crippen LogP contribution in [0.4, 0.5) is 17.1 Å². The van der Waals surface area contributed by atoms with Gasteiger partial charge in [-0.25, -0.2) is 0 Å². The second-order valence-corrected chi connectivity index (χ2v) is 3.17. The van der Waals surface area contributed by atoms with Gasteiger partial charge in [0.15, 0.2) is 0 Å². The summed E-state index contributed by atoms with van der Waals surface area (Å²) in [6.45, 7) is 1.89. The summed E-state index contributed by atoms with van der Waals surface area (Å²) < 4.78 is 22.6. The third kappa shape index (κ3) is 3.51. The number of nitro benzene ring substituents is 2. The molecule has 1 N–H and O–H groups in total. The quantitative estimate of drug-likeness (QED) is 0.477. The number of hydrogen-bond acceptors (Lipinski definition) is 6. The van der Waals surface area contributed by atoms with E-state index in [9.17, 15) is 20.2 Å². The van der Waals surface area contributed by atoms with Gasteiger partial charge < -0.3 is 0 Å². The molecule has 0 amide bonds. The van der Waals surface area contributed by atoms with E-state index in [4.69, 9.17) is 4.11 Å². The summed E-state index contributed by atoms with van der Waals surface area (Å²) >= 11 is 0. The molecule has 0 spiro atoms. The van der Waals surface area contributed by atoms with Crippen molar-refractivity contribution in [3.63, 3.8) is 0 Å². The van der Waals surface area contributed by atoms with Gasteiger partial charge in [0.25, 0.3) is 5.69 Å². The monoisotopic (exact) mass is 255 g/mol. The number of anilines is 1. The van der Waals surface area contributed by atoms with E-state index in [0.717, 1.165) is 6.42 Å². The van der Waals surface area contributed by atoms with E-state index in [-0.39, 0.29) is 0 Å². The minimum atomic E-state index is -1.08. The fourth-order valence-electron chi connectivity index (χ4n) is 1.000. The highest BCUT2D eigenvalue weighted by molar-refractivity contribution is 5.67. The van der Waals surface area contributed by atoms with Crippen LogP contribution >= 0.6 is 0 Å². The maximum atomic E-state index is 11.0. The van der Waals surface area contributed by atoms with Crippen molar-refractivity contribution in [2.24, 2.45) is 5.10 Å². The topological polar surface area (TPSA) is 111 Å². The highest BCUT2D eigenvalue weighted by Crippen LogP contribution is 2.28. The van der Waals surface area contributed by atoms with Crippen LogP contribution in [0.25, 0.3) is 0 Å². The summed E-state index contributed by atoms with van der Waals surface area (Å²) in [5.74, 6) is 0. The second kappa shape index (κ2) is 6.28. The highest BCUT2D eigenvalue weighted by atomic mass is 16.6. The van der Waals surface area contributed by atoms with E-state index >= 15 is 0 Å². The minimum Gasteiger partial charge on any atom is -0.272 e. The van der Waals surface area contributed by atoms with E-state index in [2.05, 4.69) is 10.5 Å². The van der Waals surface area contributed by atoms with Gasteiger partial charge in [-0.05, 0) is 12.5 Å². The first-order valence-corrected chi connectivity index (χ1v) is 5.02. The molecule has 1 aromatic rings. The Morgan fingerprint density at radius 3 is 2.72 bits per heavy atom. The van der Waals surface area contributed by atoms with Crippen molar-refractivity contribution in [2.45, 2.75) is 19.8 Å². The molecule has 0 aromatic heterocycles. The van der Waals surface area contributed by atoms with Crippen molar-refractivity contribution < 1.29 is 14.0 Å². The normalized spacial score (nSPS) is 12.8. The molecule has 8 nitrogen and oxygen atoms in total. The Labute approximate surface area is 107 Å². The van der Waals surface area contributed by atoms with Crippen LogP contribution in [0.5, 0.6) is 0 Å². The van der Waals surface area contributed by atoms with Gasteiger partial charge in [0.05, 0.1) is 20.0 Å². The predicted octanol–water partition coefficient (Wildman–Crippen LogP) is 2.70. The maximum absolute atomic E-state index is 11.0. The van der Waals surface area contributed by atoms with Crippen molar-refractivity contribution >= 4 is 23.3 Å². The summed E-state index contributed by atoms with van der Waals surface area (Å²) in [5.41, 5.74) is -0.305. The Bertz CT molecular complexity index is 621. The third-order valence-electron chi connectivity index (χ3n) is 1.83. The van der Waals surface area contributed by atoms with Gasteiger partial charge in [0.1, 0.15) is 5.69 Å². The fourth-order valence-corrected chi connectivity index (χ4v) is 1.000. The van der Waals surface area contributed by atoms with Crippen LogP contribution < -0.4 is 5.43 Å². The van der Waals surface area contributed by atoms with E-state index < -0.39 is 45.0 Å². The first-order valence-electron chi connectivity index (χ1n) is 6.52. The first-order chi connectivity index (χ1) is 9.82. The summed E-state index contributed by atoms with van der Waals surface area (Å²) in [7, 11) is 0. The van der Waals surface area contributed by atoms with Gasteiger partial charge in [-0.15, -0.1) is 0 Å². The van der Waals surface area contributed by atoms with Crippen molar-refractivity contribution in [1.29, 1.82) is 0 Å². The molecule has 0 aliphatic carbocycles. The van der Waals surface area contributed by atoms with Crippen LogP contribution in [0.1, 0.15) is 23.9 Å². The minimum absolute atomic E-state index is 0.507. The average molecular weight is 255 g/mol. The van der Waals surface area contributed by atoms with Crippen LogP contribution in [-0.4, -0.2) is 16.1 Å². The Kier molecular flexibility index (Phi) is 3.32. The number of hydrazone groups is 1. The third-order valence-corrected chi connectivity index (χ3v) is 1.83. The highest BCUT2D eigenvalue weighted by Gasteiger charge is 2.18. The molecule has 1 rings (SSSR count). The van der Waals surface area contributed by atoms with Crippen LogP contribution in [0.2, 0.25) is 0 Å². The number of nitrogens with zero attached hydrogens (tertiary/aromatic N) is 3. The summed E-state index contributed by atoms with van der Waals surface area (Å²) in [6.07, 6.45) is 2.79. The fraction of sp³-hybridized carbons (Fsp3) is 0.300. The molecule has 96 valence electrons. The molecule has 0 unspecified atom stereocenters. The maximum Gasteiger partial charge on any atom is 0.301 e. The Balaban J connectivity index is 3.49. The van der Waals surface area contributed by atoms with Crippen molar-refractivity contribution in [2.75, 3.05) is 5.43 Å². The summed E-state index contributed by atoms with van der Waals surface area (Å²) in [4.78, 5) is 19.7. The largest absolute Gasteiger partial charge is 0.301 e. The Hall–Kier alpha value is -2.51. The number of benzene rings is 1. The SMILES string of the molecule is [2H]c1c([2H])c([N+](=O)[O-])c([2H])c([N+](=O)[O-])c1N/N=C\CCC. The lowest BCUT2D eigenvalue weighted by Crippen LogP contribution is -1.98. The first kappa shape index (κ1) is 9.51. The number of rotatable bonds is 6. The number of unbranched alkanes of at least 4 members (excludes halogenated alkanes) is 1. The van der Waals surface area contributed by atoms with Gasteiger partial charge in [0.2, 0.25) is 0 Å². The molecule has 0 aliphatic heterocycles. The number of nitrogens with one attached hydrogen (secondary N) is 1. The molecule has 0 aliphatic rings. The molecule has 0 saturated carbocycles. The van der Waals surface area contributed by atoms with Crippen molar-refractivity contribution in [3.8, 4) is 0 Å². The standard InChI is InChI=1S/C10H12N4O4/c1-2-3-6-11-12-9-5-4-8(13(15)16)7-10(9)14(17)18/h4-7,12H,2-3H2,1H3/b11-6-/i4D,5D,7D. The molecule has 18 heavy (non-hydrogen) atoms. The van der Waals surface area contributed by atoms with E-state index in [1.54, 1.807) is 0 Å². The lowest BCUT2D eigenvalue weighted by atomic mass is 10.2. The lowest BCUT2D eigenvalue weighted by Gasteiger charge is -2.01. The van der Waals surface area contributed by atoms with Gasteiger partial charge in [-0.1, -0.05) is 13.3 Å². The predicted molar refractivity (Wildman–Crippen MR) is 66.8 cm³/mol. The molecule has 0 fully saturated rings. The molecule has 0 bridgehead atoms. The van der Waals surface area contributed by atoms with Crippen LogP contribution in [0.15, 0.2) is 23.2 Å². The zero-order valence-corrected chi connectivity index (χ0v) is 9.47. The van der Waals surface area contributed by atoms with Crippen LogP contribution in [0.3, 0.4) is 0 Å². The van der Waals surface area contributed by atoms with Gasteiger partial charge in [-0.2, -0.15) is 5.10 Å². The zero-order chi connectivity index (χ0) is 16.2. The van der Waals surface area contributed by atoms with Crippen LogP contribution in [0, 0.1) is 20.2 Å². The van der Waals surface area contributed by atoms with E-state index in [1.807, 2.05) is 6.92 Å². The summed E-state index contributed by atoms with van der Waals surface area (Å²) in [5, 5.41) is 25.4. The average Bonchev–Trinajstić information content (AvgIpc) is 2.39. The molecule has 0 saturated heterocycles. The van der Waals surface area contributed by atoms with E-state index in [0.29, 0.717) is 6.42 Å². The summed E-state index contributed by atoms with van der Waals surface area (Å²) in [6, 6.07) is -2.65. The van der Waals surface area contributed by atoms with Crippen molar-refractivity contribution in [3.05, 3.63) is 38.4 Å². The molecule has 0 heterocycles. The van der Waals surface area contributed by atoms with Gasteiger partial charge in [-0.3, -0.25) is 25.7 Å².